The molecule has 0 bridgehead atoms. The van der Waals surface area contributed by atoms with Crippen molar-refractivity contribution in [3.8, 4) is 34.6 Å². The van der Waals surface area contributed by atoms with Crippen LogP contribution in [0.1, 0.15) is 15.9 Å². The molecule has 0 saturated carbocycles. The first-order valence-corrected chi connectivity index (χ1v) is 12.6. The number of carbonyl (C=O) groups is 1. The Bertz CT molecular complexity index is 1580. The third kappa shape index (κ3) is 6.10. The average molecular weight is 539 g/mol. The number of nitrogens with zero attached hydrogens (tertiary/aromatic N) is 3. The van der Waals surface area contributed by atoms with Gasteiger partial charge in [-0.15, -0.1) is 5.10 Å². The highest BCUT2D eigenvalue weighted by molar-refractivity contribution is 6.04. The molecule has 9 heteroatoms. The Balaban J connectivity index is 1.34. The van der Waals surface area contributed by atoms with E-state index in [4.69, 9.17) is 14.2 Å². The second-order valence-electron chi connectivity index (χ2n) is 8.79. The molecule has 0 aliphatic carbocycles. The predicted molar refractivity (Wildman–Crippen MR) is 150 cm³/mol. The van der Waals surface area contributed by atoms with E-state index >= 15 is 0 Å². The van der Waals surface area contributed by atoms with Gasteiger partial charge in [0.15, 0.2) is 5.82 Å². The van der Waals surface area contributed by atoms with Gasteiger partial charge in [0.2, 0.25) is 0 Å². The SMILES string of the molecule is COc1ccc(CCOc2nc(-c3ccccc3F)n(-c3ccc(NC(=O)c4ccc(OC)cc4)cc3)n2)cc1. The maximum Gasteiger partial charge on any atom is 0.336 e. The number of hydrogen-bond acceptors (Lipinski definition) is 6. The minimum absolute atomic E-state index is 0.128. The summed E-state index contributed by atoms with van der Waals surface area (Å²) < 4.78 is 32.5. The highest BCUT2D eigenvalue weighted by Gasteiger charge is 2.18. The van der Waals surface area contributed by atoms with Crippen LogP contribution in [0.2, 0.25) is 0 Å². The summed E-state index contributed by atoms with van der Waals surface area (Å²) in [5.41, 5.74) is 3.07. The molecule has 0 radical (unpaired) electrons. The van der Waals surface area contributed by atoms with Gasteiger partial charge in [0.25, 0.3) is 5.91 Å². The summed E-state index contributed by atoms with van der Waals surface area (Å²) in [6, 6.07) is 28.1. The molecule has 4 aromatic carbocycles. The summed E-state index contributed by atoms with van der Waals surface area (Å²) in [6.45, 7) is 0.337. The van der Waals surface area contributed by atoms with Gasteiger partial charge in [-0.05, 0) is 78.4 Å². The van der Waals surface area contributed by atoms with Crippen molar-refractivity contribution in [2.75, 3.05) is 26.1 Å². The van der Waals surface area contributed by atoms with Gasteiger partial charge in [0, 0.05) is 17.7 Å². The quantitative estimate of drug-likeness (QED) is 0.236. The summed E-state index contributed by atoms with van der Waals surface area (Å²) in [5.74, 6) is 1.07. The highest BCUT2D eigenvalue weighted by Crippen LogP contribution is 2.27. The number of halogens is 1. The lowest BCUT2D eigenvalue weighted by molar-refractivity contribution is 0.102. The Hall–Kier alpha value is -5.18. The largest absolute Gasteiger partial charge is 0.497 e. The van der Waals surface area contributed by atoms with Crippen LogP contribution in [0.15, 0.2) is 97.1 Å². The molecule has 0 spiro atoms. The molecule has 0 aliphatic rings. The van der Waals surface area contributed by atoms with E-state index in [2.05, 4.69) is 15.4 Å². The lowest BCUT2D eigenvalue weighted by Crippen LogP contribution is -2.11. The second-order valence-corrected chi connectivity index (χ2v) is 8.79. The van der Waals surface area contributed by atoms with Crippen LogP contribution in [0.25, 0.3) is 17.1 Å². The van der Waals surface area contributed by atoms with Crippen molar-refractivity contribution in [3.05, 3.63) is 114 Å². The zero-order chi connectivity index (χ0) is 27.9. The zero-order valence-electron chi connectivity index (χ0n) is 22.0. The van der Waals surface area contributed by atoms with Gasteiger partial charge in [0.05, 0.1) is 32.1 Å². The molecule has 5 rings (SSSR count). The molecule has 0 atom stereocenters. The van der Waals surface area contributed by atoms with Crippen molar-refractivity contribution < 1.29 is 23.4 Å². The van der Waals surface area contributed by atoms with E-state index < -0.39 is 5.82 Å². The molecule has 0 unspecified atom stereocenters. The van der Waals surface area contributed by atoms with E-state index in [1.54, 1.807) is 80.9 Å². The van der Waals surface area contributed by atoms with Crippen LogP contribution in [0.3, 0.4) is 0 Å². The fourth-order valence-corrected chi connectivity index (χ4v) is 4.04. The summed E-state index contributed by atoms with van der Waals surface area (Å²) in [7, 11) is 3.19. The Morgan fingerprint density at radius 2 is 1.50 bits per heavy atom. The Morgan fingerprint density at radius 3 is 2.15 bits per heavy atom. The smallest absolute Gasteiger partial charge is 0.336 e. The predicted octanol–water partition coefficient (Wildman–Crippen LogP) is 5.96. The van der Waals surface area contributed by atoms with Crippen LogP contribution >= 0.6 is 0 Å². The van der Waals surface area contributed by atoms with Crippen molar-refractivity contribution in [2.24, 2.45) is 0 Å². The molecule has 1 heterocycles. The first kappa shape index (κ1) is 26.4. The van der Waals surface area contributed by atoms with Crippen LogP contribution in [0.4, 0.5) is 10.1 Å². The fourth-order valence-electron chi connectivity index (χ4n) is 4.04. The molecular weight excluding hydrogens is 511 g/mol. The normalized spacial score (nSPS) is 10.7. The Labute approximate surface area is 231 Å². The molecule has 1 N–H and O–H groups in total. The molecule has 0 saturated heterocycles. The molecule has 40 heavy (non-hydrogen) atoms. The number of methoxy groups -OCH3 is 2. The van der Waals surface area contributed by atoms with Crippen molar-refractivity contribution in [1.82, 2.24) is 14.8 Å². The van der Waals surface area contributed by atoms with E-state index in [1.165, 1.54) is 10.7 Å². The first-order valence-electron chi connectivity index (χ1n) is 12.6. The molecule has 0 fully saturated rings. The van der Waals surface area contributed by atoms with Gasteiger partial charge in [-0.1, -0.05) is 24.3 Å². The van der Waals surface area contributed by atoms with Crippen molar-refractivity contribution in [2.45, 2.75) is 6.42 Å². The summed E-state index contributed by atoms with van der Waals surface area (Å²) >= 11 is 0. The molecule has 1 amide bonds. The van der Waals surface area contributed by atoms with E-state index in [-0.39, 0.29) is 17.5 Å². The van der Waals surface area contributed by atoms with Crippen LogP contribution < -0.4 is 19.5 Å². The van der Waals surface area contributed by atoms with Gasteiger partial charge in [-0.2, -0.15) is 4.98 Å². The number of hydrogen-bond donors (Lipinski definition) is 1. The van der Waals surface area contributed by atoms with Crippen molar-refractivity contribution in [1.29, 1.82) is 0 Å². The van der Waals surface area contributed by atoms with Crippen molar-refractivity contribution >= 4 is 11.6 Å². The number of benzene rings is 4. The average Bonchev–Trinajstić information content (AvgIpc) is 3.42. The third-order valence-electron chi connectivity index (χ3n) is 6.21. The topological polar surface area (TPSA) is 87.5 Å². The standard InChI is InChI=1S/C31H27FN4O4/c1-38-25-15-7-21(8-16-25)19-20-40-31-34-29(27-5-3-4-6-28(27)32)36(35-31)24-13-11-23(12-14-24)33-30(37)22-9-17-26(39-2)18-10-22/h3-18H,19-20H2,1-2H3,(H,33,37). The third-order valence-corrected chi connectivity index (χ3v) is 6.21. The fraction of sp³-hybridized carbons (Fsp3) is 0.129. The number of carbonyl (C=O) groups excluding carboxylic acids is 1. The lowest BCUT2D eigenvalue weighted by Gasteiger charge is -2.09. The minimum atomic E-state index is -0.427. The summed E-state index contributed by atoms with van der Waals surface area (Å²) in [4.78, 5) is 17.1. The molecular formula is C31H27FN4O4. The molecule has 1 aromatic heterocycles. The maximum atomic E-state index is 14.7. The van der Waals surface area contributed by atoms with Crippen molar-refractivity contribution in [3.63, 3.8) is 0 Å². The number of anilines is 1. The maximum absolute atomic E-state index is 14.7. The van der Waals surface area contributed by atoms with E-state index in [0.717, 1.165) is 11.3 Å². The van der Waals surface area contributed by atoms with E-state index in [0.29, 0.717) is 41.5 Å². The molecule has 202 valence electrons. The van der Waals surface area contributed by atoms with Gasteiger partial charge >= 0.3 is 6.01 Å². The van der Waals surface area contributed by atoms with Crippen LogP contribution in [-0.4, -0.2) is 41.5 Å². The monoisotopic (exact) mass is 538 g/mol. The number of aromatic nitrogens is 3. The second kappa shape index (κ2) is 12.1. The lowest BCUT2D eigenvalue weighted by atomic mass is 10.1. The van der Waals surface area contributed by atoms with Gasteiger partial charge in [0.1, 0.15) is 17.3 Å². The Morgan fingerprint density at radius 1 is 0.850 bits per heavy atom. The molecule has 8 nitrogen and oxygen atoms in total. The highest BCUT2D eigenvalue weighted by atomic mass is 19.1. The van der Waals surface area contributed by atoms with Gasteiger partial charge < -0.3 is 19.5 Å². The van der Waals surface area contributed by atoms with Crippen LogP contribution in [0, 0.1) is 5.82 Å². The first-order chi connectivity index (χ1) is 19.5. The zero-order valence-corrected chi connectivity index (χ0v) is 22.0. The van der Waals surface area contributed by atoms with E-state index in [9.17, 15) is 9.18 Å². The molecule has 5 aromatic rings. The summed E-state index contributed by atoms with van der Waals surface area (Å²) in [5, 5.41) is 7.38. The molecule has 0 aliphatic heterocycles. The summed E-state index contributed by atoms with van der Waals surface area (Å²) in [6.07, 6.45) is 0.635. The van der Waals surface area contributed by atoms with Gasteiger partial charge in [-0.25, -0.2) is 9.07 Å². The minimum Gasteiger partial charge on any atom is -0.497 e. The van der Waals surface area contributed by atoms with Crippen LogP contribution in [-0.2, 0) is 6.42 Å². The number of ether oxygens (including phenoxy) is 3. The van der Waals surface area contributed by atoms with Crippen LogP contribution in [0.5, 0.6) is 17.5 Å². The number of rotatable bonds is 10. The number of nitrogens with one attached hydrogen (secondary N) is 1. The Kier molecular flexibility index (Phi) is 8.01. The van der Waals surface area contributed by atoms with E-state index in [1.807, 2.05) is 24.3 Å². The number of amides is 1. The van der Waals surface area contributed by atoms with Gasteiger partial charge in [-0.3, -0.25) is 4.79 Å².